The average Bonchev–Trinajstić information content (AvgIpc) is 3.77. The maximum Gasteiger partial charge on any atom is 0.306 e. The van der Waals surface area contributed by atoms with Gasteiger partial charge >= 0.3 is 5.97 Å². The summed E-state index contributed by atoms with van der Waals surface area (Å²) in [4.78, 5) is 34.0. The van der Waals surface area contributed by atoms with Crippen LogP contribution in [0, 0.1) is 18.7 Å². The number of ether oxygens (including phenoxy) is 2. The summed E-state index contributed by atoms with van der Waals surface area (Å²) < 4.78 is 32.9. The van der Waals surface area contributed by atoms with Crippen LogP contribution in [0.15, 0.2) is 34.7 Å². The fourth-order valence-corrected chi connectivity index (χ4v) is 7.20. The number of oxazole rings is 1. The van der Waals surface area contributed by atoms with Gasteiger partial charge in [0.2, 0.25) is 5.91 Å². The van der Waals surface area contributed by atoms with E-state index in [0.29, 0.717) is 36.4 Å². The highest BCUT2D eigenvalue weighted by Gasteiger charge is 2.39. The Balaban J connectivity index is 1.16. The number of fused-ring (bicyclic) bond motifs is 1. The number of carbonyl (C=O) groups is 2. The van der Waals surface area contributed by atoms with Crippen molar-refractivity contribution >= 4 is 34.7 Å². The molecule has 6 rings (SSSR count). The monoisotopic (exact) mass is 622 g/mol. The molecule has 11 heteroatoms. The number of rotatable bonds is 11. The molecule has 3 aliphatic rings. The van der Waals surface area contributed by atoms with Crippen molar-refractivity contribution in [2.45, 2.75) is 82.9 Å². The number of aryl methyl sites for hydroxylation is 1. The number of nitrogens with zero attached hydrogens (tertiary/aromatic N) is 3. The summed E-state index contributed by atoms with van der Waals surface area (Å²) in [6.45, 7) is 5.31. The number of hydrogen-bond acceptors (Lipinski definition) is 8. The number of hydrogen-bond donors (Lipinski definition) is 2. The molecule has 3 aromatic rings. The molecule has 3 fully saturated rings. The maximum atomic E-state index is 15.3. The molecule has 2 aromatic carbocycles. The summed E-state index contributed by atoms with van der Waals surface area (Å²) >= 11 is 0. The Morgan fingerprint density at radius 1 is 1.07 bits per heavy atom. The molecule has 1 saturated carbocycles. The van der Waals surface area contributed by atoms with E-state index in [0.717, 1.165) is 50.9 Å². The molecule has 3 heterocycles. The van der Waals surface area contributed by atoms with Gasteiger partial charge in [0.25, 0.3) is 6.01 Å². The van der Waals surface area contributed by atoms with Crippen LogP contribution >= 0.6 is 0 Å². The predicted octanol–water partition coefficient (Wildman–Crippen LogP) is 5.69. The number of amides is 1. The molecular formula is C34H43FN4O6. The second kappa shape index (κ2) is 13.7. The Labute approximate surface area is 262 Å². The van der Waals surface area contributed by atoms with Gasteiger partial charge in [-0.15, -0.1) is 0 Å². The summed E-state index contributed by atoms with van der Waals surface area (Å²) in [5.41, 5.74) is 2.55. The molecule has 0 bridgehead atoms. The largest absolute Gasteiger partial charge is 0.495 e. The Morgan fingerprint density at radius 3 is 2.56 bits per heavy atom. The van der Waals surface area contributed by atoms with Gasteiger partial charge in [-0.05, 0) is 107 Å². The predicted molar refractivity (Wildman–Crippen MR) is 167 cm³/mol. The average molecular weight is 623 g/mol. The fourth-order valence-electron chi connectivity index (χ4n) is 7.20. The number of aliphatic carboxylic acids is 1. The quantitative estimate of drug-likeness (QED) is 0.278. The number of methoxy groups -OCH3 is 1. The molecule has 0 unspecified atom stereocenters. The van der Waals surface area contributed by atoms with Crippen LogP contribution in [0.1, 0.15) is 62.5 Å². The zero-order chi connectivity index (χ0) is 31.5. The third-order valence-electron chi connectivity index (χ3n) is 9.58. The van der Waals surface area contributed by atoms with Gasteiger partial charge < -0.3 is 34.1 Å². The number of likely N-dealkylation sites (tertiary alicyclic amines) is 2. The number of anilines is 2. The van der Waals surface area contributed by atoms with Crippen LogP contribution in [0.2, 0.25) is 0 Å². The van der Waals surface area contributed by atoms with Crippen molar-refractivity contribution in [3.8, 4) is 5.75 Å². The number of aromatic nitrogens is 1. The van der Waals surface area contributed by atoms with Crippen LogP contribution in [0.5, 0.6) is 5.75 Å². The highest BCUT2D eigenvalue weighted by Crippen LogP contribution is 2.33. The van der Waals surface area contributed by atoms with Gasteiger partial charge in [0.1, 0.15) is 11.3 Å². The van der Waals surface area contributed by atoms with E-state index in [4.69, 9.17) is 13.9 Å². The van der Waals surface area contributed by atoms with Gasteiger partial charge in [-0.25, -0.2) is 4.39 Å². The van der Waals surface area contributed by atoms with Crippen LogP contribution in [-0.2, 0) is 20.7 Å². The number of nitrogens with one attached hydrogen (secondary N) is 1. The summed E-state index contributed by atoms with van der Waals surface area (Å²) in [5, 5.41) is 12.4. The van der Waals surface area contributed by atoms with E-state index in [9.17, 15) is 14.7 Å². The second-order valence-corrected chi connectivity index (χ2v) is 12.8. The highest BCUT2D eigenvalue weighted by atomic mass is 19.1. The van der Waals surface area contributed by atoms with Crippen LogP contribution in [0.3, 0.4) is 0 Å². The first kappa shape index (κ1) is 31.3. The van der Waals surface area contributed by atoms with E-state index in [1.807, 2.05) is 30.0 Å². The van der Waals surface area contributed by atoms with Crippen molar-refractivity contribution in [1.29, 1.82) is 0 Å². The lowest BCUT2D eigenvalue weighted by Gasteiger charge is -2.34. The van der Waals surface area contributed by atoms with Gasteiger partial charge in [0.15, 0.2) is 11.4 Å². The van der Waals surface area contributed by atoms with Crippen molar-refractivity contribution in [2.24, 2.45) is 5.92 Å². The summed E-state index contributed by atoms with van der Waals surface area (Å²) in [7, 11) is 1.57. The maximum absolute atomic E-state index is 15.3. The summed E-state index contributed by atoms with van der Waals surface area (Å²) in [6.07, 6.45) is 6.84. The third-order valence-corrected chi connectivity index (χ3v) is 9.58. The normalized spacial score (nSPS) is 23.9. The Kier molecular flexibility index (Phi) is 9.56. The fraction of sp³-hybridized carbons (Fsp3) is 0.559. The van der Waals surface area contributed by atoms with Gasteiger partial charge in [0.05, 0.1) is 43.9 Å². The van der Waals surface area contributed by atoms with Crippen LogP contribution in [0.25, 0.3) is 11.1 Å². The second-order valence-electron chi connectivity index (χ2n) is 12.8. The van der Waals surface area contributed by atoms with Crippen molar-refractivity contribution in [2.75, 3.05) is 38.7 Å². The molecule has 2 saturated heterocycles. The molecule has 45 heavy (non-hydrogen) atoms. The standard InChI is InChI=1S/C34H43FN4O6/c1-21-5-12-29(43-2)28(15-21)36-34-37-32-27(35)16-22(17-30(32)45-34)18-31(40)39-24(19-38-13-3-4-14-38)8-9-25(39)20-44-26-10-6-23(7-11-26)33(41)42/h5,12,15-17,23-26H,3-4,6-11,13-14,18-20H2,1-2H3,(H,36,37)(H,41,42)/t23?,24-,25-,26?/m0/s1. The van der Waals surface area contributed by atoms with Gasteiger partial charge in [0, 0.05) is 12.6 Å². The van der Waals surface area contributed by atoms with Crippen LogP contribution in [0.4, 0.5) is 16.1 Å². The lowest BCUT2D eigenvalue weighted by atomic mass is 9.87. The van der Waals surface area contributed by atoms with Gasteiger partial charge in [-0.2, -0.15) is 4.98 Å². The SMILES string of the molecule is COc1ccc(C)cc1Nc1nc2c(F)cc(CC(=O)N3[C@H](COC4CCC(C(=O)O)CC4)CC[C@H]3CN3CCCC3)cc2o1. The zero-order valence-corrected chi connectivity index (χ0v) is 26.1. The highest BCUT2D eigenvalue weighted by molar-refractivity contribution is 5.83. The van der Waals surface area contributed by atoms with Crippen LogP contribution in [-0.4, -0.2) is 83.3 Å². The number of benzene rings is 2. The van der Waals surface area contributed by atoms with Crippen molar-refractivity contribution < 1.29 is 33.0 Å². The zero-order valence-electron chi connectivity index (χ0n) is 26.1. The van der Waals surface area contributed by atoms with Crippen LogP contribution < -0.4 is 10.1 Å². The molecule has 2 aliphatic heterocycles. The van der Waals surface area contributed by atoms with Crippen molar-refractivity contribution in [3.63, 3.8) is 0 Å². The van der Waals surface area contributed by atoms with E-state index in [2.05, 4.69) is 15.2 Å². The molecule has 2 atom stereocenters. The van der Waals surface area contributed by atoms with E-state index in [1.165, 1.54) is 18.9 Å². The van der Waals surface area contributed by atoms with E-state index in [-0.39, 0.29) is 53.5 Å². The Bertz CT molecular complexity index is 1510. The number of halogens is 1. The minimum atomic E-state index is -0.732. The molecule has 1 aromatic heterocycles. The Hall–Kier alpha value is -3.70. The number of carboxylic acid groups (broad SMARTS) is 1. The molecular weight excluding hydrogens is 579 g/mol. The lowest BCUT2D eigenvalue weighted by molar-refractivity contribution is -0.144. The van der Waals surface area contributed by atoms with E-state index >= 15 is 4.39 Å². The first-order chi connectivity index (χ1) is 21.8. The summed E-state index contributed by atoms with van der Waals surface area (Å²) in [6, 6.07) is 8.87. The van der Waals surface area contributed by atoms with E-state index in [1.54, 1.807) is 13.2 Å². The molecule has 0 spiro atoms. The minimum absolute atomic E-state index is 0.0145. The molecule has 1 amide bonds. The topological polar surface area (TPSA) is 117 Å². The molecule has 0 radical (unpaired) electrons. The van der Waals surface area contributed by atoms with Gasteiger partial charge in [-0.3, -0.25) is 9.59 Å². The number of carbonyl (C=O) groups excluding carboxylic acids is 1. The van der Waals surface area contributed by atoms with Crippen molar-refractivity contribution in [1.82, 2.24) is 14.8 Å². The minimum Gasteiger partial charge on any atom is -0.495 e. The third kappa shape index (κ3) is 7.25. The van der Waals surface area contributed by atoms with Crippen molar-refractivity contribution in [3.05, 3.63) is 47.3 Å². The molecule has 1 aliphatic carbocycles. The molecule has 2 N–H and O–H groups in total. The summed E-state index contributed by atoms with van der Waals surface area (Å²) in [5.74, 6) is -1.02. The lowest BCUT2D eigenvalue weighted by Crippen LogP contribution is -2.48. The smallest absolute Gasteiger partial charge is 0.306 e. The Morgan fingerprint density at radius 2 is 1.82 bits per heavy atom. The van der Waals surface area contributed by atoms with Gasteiger partial charge in [-0.1, -0.05) is 6.07 Å². The first-order valence-electron chi connectivity index (χ1n) is 16.2. The molecule has 242 valence electrons. The number of carboxylic acids is 1. The van der Waals surface area contributed by atoms with E-state index < -0.39 is 11.8 Å². The molecule has 10 nitrogen and oxygen atoms in total. The first-order valence-corrected chi connectivity index (χ1v) is 16.2.